The van der Waals surface area contributed by atoms with E-state index in [1.54, 1.807) is 30.5 Å². The molecule has 1 N–H and O–H groups in total. The summed E-state index contributed by atoms with van der Waals surface area (Å²) in [4.78, 5) is 19.1. The predicted octanol–water partition coefficient (Wildman–Crippen LogP) is 3.25. The Morgan fingerprint density at radius 2 is 1.89 bits per heavy atom. The summed E-state index contributed by atoms with van der Waals surface area (Å²) in [5.74, 6) is 0.945. The topological polar surface area (TPSA) is 67.6 Å². The number of pyridine rings is 1. The zero-order chi connectivity index (χ0) is 19.3. The lowest BCUT2D eigenvalue weighted by atomic mass is 10.2. The van der Waals surface area contributed by atoms with Gasteiger partial charge < -0.3 is 19.4 Å². The van der Waals surface area contributed by atoms with Crippen LogP contribution in [0.15, 0.2) is 59.1 Å². The number of hydrogen-bond acceptors (Lipinski definition) is 5. The molecule has 1 aliphatic heterocycles. The van der Waals surface area contributed by atoms with Crippen LogP contribution in [0.25, 0.3) is 11.3 Å². The maximum atomic E-state index is 13.1. The first-order valence-electron chi connectivity index (χ1n) is 9.11. The predicted molar refractivity (Wildman–Crippen MR) is 103 cm³/mol. The van der Waals surface area contributed by atoms with E-state index < -0.39 is 0 Å². The van der Waals surface area contributed by atoms with Crippen LogP contribution in [0, 0.1) is 5.82 Å². The third-order valence-corrected chi connectivity index (χ3v) is 4.58. The number of amides is 1. The Labute approximate surface area is 161 Å². The molecule has 4 rings (SSSR count). The molecule has 3 heterocycles. The second-order valence-electron chi connectivity index (χ2n) is 6.44. The molecular formula is C21H20FN3O3. The van der Waals surface area contributed by atoms with Gasteiger partial charge in [-0.05, 0) is 42.5 Å². The van der Waals surface area contributed by atoms with Crippen LogP contribution >= 0.6 is 0 Å². The highest BCUT2D eigenvalue weighted by Crippen LogP contribution is 2.23. The van der Waals surface area contributed by atoms with E-state index in [1.807, 2.05) is 12.1 Å². The van der Waals surface area contributed by atoms with Crippen LogP contribution in [0.1, 0.15) is 16.1 Å². The number of ether oxygens (including phenoxy) is 1. The Balaban J connectivity index is 1.43. The van der Waals surface area contributed by atoms with Gasteiger partial charge in [0, 0.05) is 37.0 Å². The Bertz CT molecular complexity index is 950. The van der Waals surface area contributed by atoms with E-state index >= 15 is 0 Å². The summed E-state index contributed by atoms with van der Waals surface area (Å²) in [6, 6.07) is 13.0. The van der Waals surface area contributed by atoms with Crippen molar-refractivity contribution in [3.05, 3.63) is 71.9 Å². The van der Waals surface area contributed by atoms with E-state index in [0.29, 0.717) is 31.1 Å². The first-order valence-corrected chi connectivity index (χ1v) is 9.11. The van der Waals surface area contributed by atoms with E-state index in [2.05, 4.69) is 15.2 Å². The molecule has 1 saturated heterocycles. The van der Waals surface area contributed by atoms with Crippen molar-refractivity contribution in [3.8, 4) is 11.3 Å². The highest BCUT2D eigenvalue weighted by molar-refractivity contribution is 5.92. The minimum Gasteiger partial charge on any atom is -0.451 e. The minimum absolute atomic E-state index is 0.205. The first-order chi connectivity index (χ1) is 13.7. The Morgan fingerprint density at radius 1 is 1.11 bits per heavy atom. The molecule has 0 unspecified atom stereocenters. The fourth-order valence-corrected chi connectivity index (χ4v) is 3.12. The molecule has 0 atom stereocenters. The van der Waals surface area contributed by atoms with Gasteiger partial charge in [0.1, 0.15) is 17.4 Å². The van der Waals surface area contributed by atoms with Crippen molar-refractivity contribution in [2.45, 2.75) is 6.54 Å². The normalized spacial score (nSPS) is 14.1. The van der Waals surface area contributed by atoms with Crippen LogP contribution < -0.4 is 10.2 Å². The zero-order valence-corrected chi connectivity index (χ0v) is 15.2. The smallest absolute Gasteiger partial charge is 0.287 e. The van der Waals surface area contributed by atoms with Crippen molar-refractivity contribution in [1.82, 2.24) is 10.3 Å². The fraction of sp³-hybridized carbons (Fsp3) is 0.238. The van der Waals surface area contributed by atoms with Crippen LogP contribution in [0.4, 0.5) is 10.2 Å². The molecular weight excluding hydrogens is 361 g/mol. The molecule has 2 aromatic heterocycles. The van der Waals surface area contributed by atoms with Gasteiger partial charge in [0.2, 0.25) is 0 Å². The molecule has 0 saturated carbocycles. The summed E-state index contributed by atoms with van der Waals surface area (Å²) in [5.41, 5.74) is 1.64. The minimum atomic E-state index is -0.319. The van der Waals surface area contributed by atoms with E-state index in [1.165, 1.54) is 12.1 Å². The van der Waals surface area contributed by atoms with Crippen molar-refractivity contribution in [2.24, 2.45) is 0 Å². The molecule has 0 spiro atoms. The number of halogens is 1. The van der Waals surface area contributed by atoms with Gasteiger partial charge in [-0.25, -0.2) is 9.37 Å². The number of nitrogens with one attached hydrogen (secondary N) is 1. The SMILES string of the molecule is O=C(NCc1cccnc1N1CCOCC1)c1ccc(-c2ccc(F)cc2)o1. The number of morpholine rings is 1. The number of furan rings is 1. The summed E-state index contributed by atoms with van der Waals surface area (Å²) in [6.45, 7) is 3.22. The molecule has 3 aromatic rings. The maximum absolute atomic E-state index is 13.1. The molecule has 7 heteroatoms. The van der Waals surface area contributed by atoms with Gasteiger partial charge in [0.25, 0.3) is 5.91 Å². The molecule has 0 radical (unpaired) electrons. The molecule has 28 heavy (non-hydrogen) atoms. The Kier molecular flexibility index (Phi) is 5.34. The van der Waals surface area contributed by atoms with E-state index in [4.69, 9.17) is 9.15 Å². The van der Waals surface area contributed by atoms with Crippen molar-refractivity contribution < 1.29 is 18.3 Å². The van der Waals surface area contributed by atoms with Crippen LogP contribution in [0.3, 0.4) is 0 Å². The highest BCUT2D eigenvalue weighted by Gasteiger charge is 2.17. The fourth-order valence-electron chi connectivity index (χ4n) is 3.12. The number of hydrogen-bond donors (Lipinski definition) is 1. The number of carbonyl (C=O) groups excluding carboxylic acids is 1. The van der Waals surface area contributed by atoms with E-state index in [9.17, 15) is 9.18 Å². The molecule has 0 aliphatic carbocycles. The molecule has 1 aliphatic rings. The van der Waals surface area contributed by atoms with Gasteiger partial charge in [-0.3, -0.25) is 4.79 Å². The number of anilines is 1. The molecule has 144 valence electrons. The second-order valence-corrected chi connectivity index (χ2v) is 6.44. The Morgan fingerprint density at radius 3 is 2.68 bits per heavy atom. The third-order valence-electron chi connectivity index (χ3n) is 4.58. The summed E-state index contributed by atoms with van der Waals surface area (Å²) >= 11 is 0. The van der Waals surface area contributed by atoms with E-state index in [-0.39, 0.29) is 17.5 Å². The highest BCUT2D eigenvalue weighted by atomic mass is 19.1. The largest absolute Gasteiger partial charge is 0.451 e. The van der Waals surface area contributed by atoms with E-state index in [0.717, 1.165) is 24.5 Å². The first kappa shape index (κ1) is 18.2. The summed E-state index contributed by atoms with van der Waals surface area (Å²) < 4.78 is 24.1. The van der Waals surface area contributed by atoms with Gasteiger partial charge in [-0.15, -0.1) is 0 Å². The van der Waals surface area contributed by atoms with Crippen LogP contribution in [0.5, 0.6) is 0 Å². The van der Waals surface area contributed by atoms with Gasteiger partial charge in [-0.1, -0.05) is 6.07 Å². The molecule has 1 aromatic carbocycles. The summed E-state index contributed by atoms with van der Waals surface area (Å²) in [6.07, 6.45) is 1.75. The average Bonchev–Trinajstić information content (AvgIpc) is 3.24. The lowest BCUT2D eigenvalue weighted by molar-refractivity contribution is 0.0923. The summed E-state index contributed by atoms with van der Waals surface area (Å²) in [5, 5.41) is 2.88. The lowest BCUT2D eigenvalue weighted by Gasteiger charge is -2.29. The zero-order valence-electron chi connectivity index (χ0n) is 15.2. The quantitative estimate of drug-likeness (QED) is 0.735. The van der Waals surface area contributed by atoms with Crippen LogP contribution in [-0.2, 0) is 11.3 Å². The number of rotatable bonds is 5. The lowest BCUT2D eigenvalue weighted by Crippen LogP contribution is -2.37. The summed E-state index contributed by atoms with van der Waals surface area (Å²) in [7, 11) is 0. The third kappa shape index (κ3) is 4.04. The number of nitrogens with zero attached hydrogens (tertiary/aromatic N) is 2. The van der Waals surface area contributed by atoms with Gasteiger partial charge >= 0.3 is 0 Å². The van der Waals surface area contributed by atoms with Gasteiger partial charge in [0.05, 0.1) is 13.2 Å². The van der Waals surface area contributed by atoms with Gasteiger partial charge in [-0.2, -0.15) is 0 Å². The monoisotopic (exact) mass is 381 g/mol. The number of benzene rings is 1. The maximum Gasteiger partial charge on any atom is 0.287 e. The van der Waals surface area contributed by atoms with Crippen molar-refractivity contribution in [2.75, 3.05) is 31.2 Å². The molecule has 0 bridgehead atoms. The van der Waals surface area contributed by atoms with Crippen molar-refractivity contribution in [1.29, 1.82) is 0 Å². The molecule has 1 fully saturated rings. The van der Waals surface area contributed by atoms with Crippen LogP contribution in [-0.4, -0.2) is 37.2 Å². The Hall–Kier alpha value is -3.19. The second kappa shape index (κ2) is 8.22. The van der Waals surface area contributed by atoms with Crippen molar-refractivity contribution >= 4 is 11.7 Å². The number of carbonyl (C=O) groups is 1. The van der Waals surface area contributed by atoms with Crippen LogP contribution in [0.2, 0.25) is 0 Å². The standard InChI is InChI=1S/C21H20FN3O3/c22-17-5-3-15(4-6-17)18-7-8-19(28-18)21(26)24-14-16-2-1-9-23-20(16)25-10-12-27-13-11-25/h1-9H,10-14H2,(H,24,26). The average molecular weight is 381 g/mol. The number of aromatic nitrogens is 1. The molecule has 6 nitrogen and oxygen atoms in total. The molecule has 1 amide bonds. The van der Waals surface area contributed by atoms with Crippen molar-refractivity contribution in [3.63, 3.8) is 0 Å². The van der Waals surface area contributed by atoms with Gasteiger partial charge in [0.15, 0.2) is 5.76 Å².